The number of nitrogens with two attached hydrogens (primary N) is 1. The minimum atomic E-state index is -0.0612. The van der Waals surface area contributed by atoms with Crippen molar-refractivity contribution in [2.75, 3.05) is 7.11 Å². The summed E-state index contributed by atoms with van der Waals surface area (Å²) in [5.41, 5.74) is 2.89. The summed E-state index contributed by atoms with van der Waals surface area (Å²) in [7, 11) is 1.82. The molecule has 0 aromatic rings. The average Bonchev–Trinajstić information content (AvgIpc) is 2.56. The topological polar surface area (TPSA) is 47.3 Å². The van der Waals surface area contributed by atoms with Crippen LogP contribution in [0.4, 0.5) is 0 Å². The summed E-state index contributed by atoms with van der Waals surface area (Å²) >= 11 is 0. The first-order chi connectivity index (χ1) is 7.79. The van der Waals surface area contributed by atoms with Gasteiger partial charge in [-0.2, -0.15) is 0 Å². The lowest BCUT2D eigenvalue weighted by Crippen LogP contribution is -2.54. The summed E-state index contributed by atoms with van der Waals surface area (Å²) < 4.78 is 5.83. The fraction of sp³-hybridized carbons (Fsp3) is 0.846. The Morgan fingerprint density at radius 3 is 2.44 bits per heavy atom. The monoisotopic (exact) mass is 226 g/mol. The molecule has 0 bridgehead atoms. The first kappa shape index (κ1) is 13.7. The number of rotatable bonds is 6. The molecule has 1 saturated carbocycles. The molecule has 0 aliphatic heterocycles. The largest absolute Gasteiger partial charge is 0.377 e. The third-order valence-corrected chi connectivity index (χ3v) is 3.85. The van der Waals surface area contributed by atoms with Crippen LogP contribution in [0, 0.1) is 0 Å². The van der Waals surface area contributed by atoms with Crippen LogP contribution in [0.2, 0.25) is 0 Å². The Morgan fingerprint density at radius 2 is 2.00 bits per heavy atom. The molecule has 0 amide bonds. The van der Waals surface area contributed by atoms with Crippen molar-refractivity contribution >= 4 is 0 Å². The molecule has 0 aromatic heterocycles. The second-order valence-corrected chi connectivity index (χ2v) is 4.77. The summed E-state index contributed by atoms with van der Waals surface area (Å²) in [6.45, 7) is 3.77. The van der Waals surface area contributed by atoms with E-state index in [9.17, 15) is 0 Å². The predicted octanol–water partition coefficient (Wildman–Crippen LogP) is 2.52. The van der Waals surface area contributed by atoms with E-state index < -0.39 is 0 Å². The van der Waals surface area contributed by atoms with Crippen LogP contribution in [-0.2, 0) is 4.74 Å². The summed E-state index contributed by atoms with van der Waals surface area (Å²) in [6.07, 6.45) is 11.3. The van der Waals surface area contributed by atoms with E-state index in [2.05, 4.69) is 12.0 Å². The number of hydrazine groups is 1. The molecule has 0 aromatic carbocycles. The Balaban J connectivity index is 2.68. The lowest BCUT2D eigenvalue weighted by molar-refractivity contribution is -0.0546. The Bertz CT molecular complexity index is 198. The molecule has 0 heterocycles. The van der Waals surface area contributed by atoms with Crippen LogP contribution in [0.25, 0.3) is 0 Å². The Morgan fingerprint density at radius 1 is 1.38 bits per heavy atom. The normalized spacial score (nSPS) is 22.4. The molecule has 1 aliphatic rings. The van der Waals surface area contributed by atoms with Gasteiger partial charge in [-0.05, 0) is 25.7 Å². The van der Waals surface area contributed by atoms with Crippen molar-refractivity contribution in [2.45, 2.75) is 63.0 Å². The Kier molecular flexibility index (Phi) is 6.03. The molecule has 3 heteroatoms. The molecule has 1 aliphatic carbocycles. The minimum Gasteiger partial charge on any atom is -0.377 e. The summed E-state index contributed by atoms with van der Waals surface area (Å²) in [4.78, 5) is 0. The van der Waals surface area contributed by atoms with Gasteiger partial charge in [-0.1, -0.05) is 31.8 Å². The number of allylic oxidation sites excluding steroid dienone is 1. The number of ether oxygens (including phenoxy) is 1. The maximum absolute atomic E-state index is 5.83. The highest BCUT2D eigenvalue weighted by Gasteiger charge is 2.38. The van der Waals surface area contributed by atoms with Crippen molar-refractivity contribution in [3.63, 3.8) is 0 Å². The van der Waals surface area contributed by atoms with Crippen molar-refractivity contribution < 1.29 is 4.74 Å². The molecule has 0 radical (unpaired) electrons. The van der Waals surface area contributed by atoms with E-state index in [4.69, 9.17) is 10.6 Å². The van der Waals surface area contributed by atoms with E-state index in [0.29, 0.717) is 0 Å². The van der Waals surface area contributed by atoms with Crippen LogP contribution in [0.3, 0.4) is 0 Å². The molecule has 16 heavy (non-hydrogen) atoms. The first-order valence-corrected chi connectivity index (χ1v) is 6.41. The summed E-state index contributed by atoms with van der Waals surface area (Å²) in [5.74, 6) is 5.69. The van der Waals surface area contributed by atoms with E-state index in [-0.39, 0.29) is 11.6 Å². The molecular weight excluding hydrogens is 200 g/mol. The second-order valence-electron chi connectivity index (χ2n) is 4.77. The van der Waals surface area contributed by atoms with Crippen LogP contribution >= 0.6 is 0 Å². The van der Waals surface area contributed by atoms with Crippen molar-refractivity contribution in [3.8, 4) is 0 Å². The highest BCUT2D eigenvalue weighted by atomic mass is 16.5. The zero-order valence-electron chi connectivity index (χ0n) is 10.5. The maximum atomic E-state index is 5.83. The third-order valence-electron chi connectivity index (χ3n) is 3.85. The van der Waals surface area contributed by atoms with Crippen LogP contribution in [0.5, 0.6) is 0 Å². The van der Waals surface area contributed by atoms with Crippen LogP contribution < -0.4 is 11.3 Å². The first-order valence-electron chi connectivity index (χ1n) is 6.41. The van der Waals surface area contributed by atoms with Gasteiger partial charge in [0.1, 0.15) is 0 Å². The molecule has 94 valence electrons. The van der Waals surface area contributed by atoms with Crippen molar-refractivity contribution in [1.82, 2.24) is 5.43 Å². The van der Waals surface area contributed by atoms with Gasteiger partial charge in [-0.3, -0.25) is 11.3 Å². The van der Waals surface area contributed by atoms with Gasteiger partial charge >= 0.3 is 0 Å². The van der Waals surface area contributed by atoms with E-state index in [1.54, 1.807) is 0 Å². The van der Waals surface area contributed by atoms with E-state index >= 15 is 0 Å². The van der Waals surface area contributed by atoms with E-state index in [1.165, 1.54) is 25.7 Å². The molecular formula is C13H26N2O. The van der Waals surface area contributed by atoms with Gasteiger partial charge in [0.15, 0.2) is 0 Å². The SMILES string of the molecule is C=CCCC(NN)C1(OC)CCCCCC1. The smallest absolute Gasteiger partial charge is 0.0844 e. The zero-order chi connectivity index (χ0) is 11.9. The molecule has 3 nitrogen and oxygen atoms in total. The van der Waals surface area contributed by atoms with Gasteiger partial charge in [-0.15, -0.1) is 6.58 Å². The van der Waals surface area contributed by atoms with E-state index in [0.717, 1.165) is 25.7 Å². The van der Waals surface area contributed by atoms with Crippen LogP contribution in [-0.4, -0.2) is 18.8 Å². The molecule has 0 spiro atoms. The van der Waals surface area contributed by atoms with Gasteiger partial charge < -0.3 is 4.74 Å². The third kappa shape index (κ3) is 3.30. The number of methoxy groups -OCH3 is 1. The van der Waals surface area contributed by atoms with Gasteiger partial charge in [0.25, 0.3) is 0 Å². The van der Waals surface area contributed by atoms with Crippen molar-refractivity contribution in [2.24, 2.45) is 5.84 Å². The highest BCUT2D eigenvalue weighted by molar-refractivity contribution is 4.94. The summed E-state index contributed by atoms with van der Waals surface area (Å²) in [5, 5.41) is 0. The Hall–Kier alpha value is -0.380. The molecule has 3 N–H and O–H groups in total. The minimum absolute atomic E-state index is 0.0612. The van der Waals surface area contributed by atoms with Gasteiger partial charge in [0.05, 0.1) is 11.6 Å². The fourth-order valence-electron chi connectivity index (χ4n) is 2.80. The molecule has 1 unspecified atom stereocenters. The second kappa shape index (κ2) is 7.05. The molecule has 1 atom stereocenters. The number of nitrogens with one attached hydrogen (secondary N) is 1. The number of hydrogen-bond donors (Lipinski definition) is 2. The molecule has 0 saturated heterocycles. The standard InChI is InChI=1S/C13H26N2O/c1-3-4-9-12(15-14)13(16-2)10-7-5-6-8-11-13/h3,12,15H,1,4-11,14H2,2H3. The lowest BCUT2D eigenvalue weighted by Gasteiger charge is -2.39. The molecule has 1 rings (SSSR count). The quantitative estimate of drug-likeness (QED) is 0.317. The Labute approximate surface area is 99.4 Å². The van der Waals surface area contributed by atoms with Gasteiger partial charge in [0, 0.05) is 7.11 Å². The van der Waals surface area contributed by atoms with Gasteiger partial charge in [-0.25, -0.2) is 0 Å². The van der Waals surface area contributed by atoms with Gasteiger partial charge in [0.2, 0.25) is 0 Å². The van der Waals surface area contributed by atoms with Crippen LogP contribution in [0.1, 0.15) is 51.4 Å². The van der Waals surface area contributed by atoms with E-state index in [1.807, 2.05) is 13.2 Å². The number of hydrogen-bond acceptors (Lipinski definition) is 3. The van der Waals surface area contributed by atoms with Crippen molar-refractivity contribution in [3.05, 3.63) is 12.7 Å². The van der Waals surface area contributed by atoms with Crippen LogP contribution in [0.15, 0.2) is 12.7 Å². The fourth-order valence-corrected chi connectivity index (χ4v) is 2.80. The average molecular weight is 226 g/mol. The lowest BCUT2D eigenvalue weighted by atomic mass is 9.84. The highest BCUT2D eigenvalue weighted by Crippen LogP contribution is 2.34. The zero-order valence-corrected chi connectivity index (χ0v) is 10.5. The summed E-state index contributed by atoms with van der Waals surface area (Å²) in [6, 6.07) is 0.244. The van der Waals surface area contributed by atoms with Crippen molar-refractivity contribution in [1.29, 1.82) is 0 Å². The maximum Gasteiger partial charge on any atom is 0.0844 e. The molecule has 1 fully saturated rings. The predicted molar refractivity (Wildman–Crippen MR) is 68.0 cm³/mol.